The SMILES string of the molecule is CC(=O)C(N)CCCCNC(=O)COCCOCCNC(=O)COCCOCCNC(=O)CC[C@H](NC=O)C(=O)O. The molecule has 0 spiro atoms. The molecule has 0 saturated carbocycles. The zero-order valence-electron chi connectivity index (χ0n) is 23.7. The number of amides is 4. The van der Waals surface area contributed by atoms with Gasteiger partial charge in [0.05, 0.1) is 45.7 Å². The summed E-state index contributed by atoms with van der Waals surface area (Å²) in [6.07, 6.45) is 2.27. The Kier molecular flexibility index (Phi) is 23.8. The lowest BCUT2D eigenvalue weighted by molar-refractivity contribution is -0.141. The van der Waals surface area contributed by atoms with E-state index in [1.165, 1.54) is 6.92 Å². The van der Waals surface area contributed by atoms with Crippen LogP contribution >= 0.6 is 0 Å². The standard InChI is InChI=1S/C25H45N5O11/c1-19(32)20(26)4-2-3-7-27-23(34)16-40-14-13-39-11-9-29-24(35)17-41-15-12-38-10-8-28-22(33)6-5-21(25(36)37)30-18-31/h18,20-21H,2-17,26H2,1H3,(H,27,34)(H,28,33)(H,29,35)(H,30,31)(H,36,37)/t20?,21-/m0/s1. The Hall–Kier alpha value is -3.18. The number of carbonyl (C=O) groups excluding carboxylic acids is 5. The molecule has 2 atom stereocenters. The monoisotopic (exact) mass is 591 g/mol. The zero-order valence-corrected chi connectivity index (χ0v) is 23.7. The number of carbonyl (C=O) groups is 6. The lowest BCUT2D eigenvalue weighted by atomic mass is 10.1. The molecule has 0 bridgehead atoms. The van der Waals surface area contributed by atoms with Gasteiger partial charge < -0.3 is 51.1 Å². The van der Waals surface area contributed by atoms with Gasteiger partial charge >= 0.3 is 5.97 Å². The van der Waals surface area contributed by atoms with Gasteiger partial charge in [0.1, 0.15) is 25.0 Å². The van der Waals surface area contributed by atoms with Crippen LogP contribution in [-0.4, -0.2) is 126 Å². The van der Waals surface area contributed by atoms with Gasteiger partial charge in [0.2, 0.25) is 24.1 Å². The molecule has 0 aromatic heterocycles. The highest BCUT2D eigenvalue weighted by molar-refractivity contribution is 5.81. The summed E-state index contributed by atoms with van der Waals surface area (Å²) in [5.74, 6) is -2.18. The van der Waals surface area contributed by atoms with Crippen molar-refractivity contribution in [2.75, 3.05) is 72.5 Å². The van der Waals surface area contributed by atoms with E-state index in [9.17, 15) is 28.8 Å². The van der Waals surface area contributed by atoms with Crippen molar-refractivity contribution in [1.82, 2.24) is 21.3 Å². The van der Waals surface area contributed by atoms with Crippen molar-refractivity contribution < 1.29 is 52.8 Å². The molecule has 16 heteroatoms. The molecule has 16 nitrogen and oxygen atoms in total. The molecule has 0 saturated heterocycles. The predicted molar refractivity (Wildman–Crippen MR) is 145 cm³/mol. The first-order valence-electron chi connectivity index (χ1n) is 13.5. The fourth-order valence-corrected chi connectivity index (χ4v) is 3.04. The molecule has 0 aromatic rings. The summed E-state index contributed by atoms with van der Waals surface area (Å²) in [6.45, 7) is 3.57. The number of hydrogen-bond acceptors (Lipinski definition) is 11. The third-order valence-electron chi connectivity index (χ3n) is 5.36. The van der Waals surface area contributed by atoms with Crippen LogP contribution in [0.4, 0.5) is 0 Å². The van der Waals surface area contributed by atoms with Gasteiger partial charge in [0, 0.05) is 26.1 Å². The van der Waals surface area contributed by atoms with Gasteiger partial charge in [-0.1, -0.05) is 0 Å². The second-order valence-electron chi connectivity index (χ2n) is 8.81. The van der Waals surface area contributed by atoms with Crippen molar-refractivity contribution in [2.45, 2.75) is 51.1 Å². The molecule has 0 fully saturated rings. The summed E-state index contributed by atoms with van der Waals surface area (Å²) in [4.78, 5) is 67.3. The van der Waals surface area contributed by atoms with Gasteiger partial charge in [0.15, 0.2) is 0 Å². The van der Waals surface area contributed by atoms with Gasteiger partial charge in [-0.15, -0.1) is 0 Å². The van der Waals surface area contributed by atoms with Crippen LogP contribution < -0.4 is 27.0 Å². The third kappa shape index (κ3) is 24.3. The lowest BCUT2D eigenvalue weighted by Gasteiger charge is -2.11. The second kappa shape index (κ2) is 25.8. The maximum atomic E-state index is 11.7. The summed E-state index contributed by atoms with van der Waals surface area (Å²) in [5.41, 5.74) is 5.64. The largest absolute Gasteiger partial charge is 0.480 e. The van der Waals surface area contributed by atoms with Crippen LogP contribution in [0.3, 0.4) is 0 Å². The molecule has 1 unspecified atom stereocenters. The Morgan fingerprint density at radius 2 is 1.24 bits per heavy atom. The van der Waals surface area contributed by atoms with E-state index in [1.807, 2.05) is 0 Å². The minimum atomic E-state index is -1.21. The smallest absolute Gasteiger partial charge is 0.326 e. The molecule has 236 valence electrons. The summed E-state index contributed by atoms with van der Waals surface area (Å²) < 4.78 is 21.0. The topological polar surface area (TPSA) is 234 Å². The van der Waals surface area contributed by atoms with Crippen LogP contribution in [0.2, 0.25) is 0 Å². The molecule has 0 aliphatic rings. The molecule has 41 heavy (non-hydrogen) atoms. The van der Waals surface area contributed by atoms with Crippen LogP contribution in [0.5, 0.6) is 0 Å². The Labute approximate surface area is 239 Å². The van der Waals surface area contributed by atoms with Crippen molar-refractivity contribution >= 4 is 35.9 Å². The van der Waals surface area contributed by atoms with E-state index in [4.69, 9.17) is 29.8 Å². The summed E-state index contributed by atoms with van der Waals surface area (Å²) >= 11 is 0. The van der Waals surface area contributed by atoms with Gasteiger partial charge in [-0.3, -0.25) is 24.0 Å². The summed E-state index contributed by atoms with van der Waals surface area (Å²) in [6, 6.07) is -1.56. The fraction of sp³-hybridized carbons (Fsp3) is 0.760. The van der Waals surface area contributed by atoms with E-state index >= 15 is 0 Å². The highest BCUT2D eigenvalue weighted by Gasteiger charge is 2.17. The number of ether oxygens (including phenoxy) is 4. The van der Waals surface area contributed by atoms with Crippen LogP contribution in [0.25, 0.3) is 0 Å². The number of hydrogen-bond donors (Lipinski definition) is 6. The van der Waals surface area contributed by atoms with Gasteiger partial charge in [-0.05, 0) is 32.6 Å². The molecule has 4 amide bonds. The number of nitrogens with one attached hydrogen (secondary N) is 4. The maximum absolute atomic E-state index is 11.7. The van der Waals surface area contributed by atoms with Crippen LogP contribution in [0, 0.1) is 0 Å². The van der Waals surface area contributed by atoms with Crippen molar-refractivity contribution in [3.8, 4) is 0 Å². The van der Waals surface area contributed by atoms with Crippen LogP contribution in [-0.2, 0) is 47.7 Å². The van der Waals surface area contributed by atoms with Crippen LogP contribution in [0.15, 0.2) is 0 Å². The number of aliphatic carboxylic acids is 1. The predicted octanol–water partition coefficient (Wildman–Crippen LogP) is -2.53. The first-order chi connectivity index (χ1) is 19.7. The van der Waals surface area contributed by atoms with Gasteiger partial charge in [0.25, 0.3) is 0 Å². The van der Waals surface area contributed by atoms with E-state index in [0.29, 0.717) is 13.0 Å². The molecule has 7 N–H and O–H groups in total. The Bertz CT molecular complexity index is 785. The quantitative estimate of drug-likeness (QED) is 0.0408. The maximum Gasteiger partial charge on any atom is 0.326 e. The number of carboxylic acids is 1. The molecule has 0 aromatic carbocycles. The van der Waals surface area contributed by atoms with Crippen molar-refractivity contribution in [3.63, 3.8) is 0 Å². The molecular weight excluding hydrogens is 546 g/mol. The zero-order chi connectivity index (χ0) is 30.7. The molecule has 0 aliphatic heterocycles. The van der Waals surface area contributed by atoms with Crippen molar-refractivity contribution in [1.29, 1.82) is 0 Å². The number of nitrogens with two attached hydrogens (primary N) is 1. The normalized spacial score (nSPS) is 12.1. The average Bonchev–Trinajstić information content (AvgIpc) is 2.93. The first-order valence-corrected chi connectivity index (χ1v) is 13.5. The van der Waals surface area contributed by atoms with E-state index in [-0.39, 0.29) is 109 Å². The number of Topliss-reactive ketones (excluding diaryl/α,β-unsaturated/α-hetero) is 1. The van der Waals surface area contributed by atoms with E-state index < -0.39 is 18.1 Å². The molecule has 0 radical (unpaired) electrons. The Morgan fingerprint density at radius 3 is 1.76 bits per heavy atom. The molecular formula is C25H45N5O11. The minimum Gasteiger partial charge on any atom is -0.480 e. The Morgan fingerprint density at radius 1 is 0.732 bits per heavy atom. The number of carboxylic acid groups (broad SMARTS) is 1. The Balaban J connectivity index is 3.47. The number of rotatable bonds is 28. The summed E-state index contributed by atoms with van der Waals surface area (Å²) in [7, 11) is 0. The minimum absolute atomic E-state index is 0.0269. The van der Waals surface area contributed by atoms with Gasteiger partial charge in [-0.25, -0.2) is 4.79 Å². The third-order valence-corrected chi connectivity index (χ3v) is 5.36. The highest BCUT2D eigenvalue weighted by Crippen LogP contribution is 1.99. The highest BCUT2D eigenvalue weighted by atomic mass is 16.5. The van der Waals surface area contributed by atoms with E-state index in [2.05, 4.69) is 21.3 Å². The lowest BCUT2D eigenvalue weighted by Crippen LogP contribution is -2.37. The van der Waals surface area contributed by atoms with E-state index in [0.717, 1.165) is 12.8 Å². The van der Waals surface area contributed by atoms with Crippen LogP contribution in [0.1, 0.15) is 39.0 Å². The fourth-order valence-electron chi connectivity index (χ4n) is 3.04. The van der Waals surface area contributed by atoms with E-state index in [1.54, 1.807) is 0 Å². The number of ketones is 1. The first kappa shape index (κ1) is 37.8. The molecule has 0 aliphatic carbocycles. The molecule has 0 rings (SSSR count). The van der Waals surface area contributed by atoms with Crippen molar-refractivity contribution in [2.24, 2.45) is 5.73 Å². The van der Waals surface area contributed by atoms with Crippen molar-refractivity contribution in [3.05, 3.63) is 0 Å². The molecule has 0 heterocycles. The number of unbranched alkanes of at least 4 members (excludes halogenated alkanes) is 1. The second-order valence-corrected chi connectivity index (χ2v) is 8.81. The summed E-state index contributed by atoms with van der Waals surface area (Å²) in [5, 5.41) is 18.9. The average molecular weight is 592 g/mol. The van der Waals surface area contributed by atoms with Gasteiger partial charge in [-0.2, -0.15) is 0 Å².